The average molecular weight is 456 g/mol. The summed E-state index contributed by atoms with van der Waals surface area (Å²) in [5.74, 6) is 2.73. The summed E-state index contributed by atoms with van der Waals surface area (Å²) in [6, 6.07) is 12.4. The van der Waals surface area contributed by atoms with Crippen LogP contribution >= 0.6 is 43.6 Å². The Hall–Kier alpha value is -0.980. The van der Waals surface area contributed by atoms with Gasteiger partial charge < -0.3 is 10.1 Å². The van der Waals surface area contributed by atoms with Crippen LogP contribution in [-0.4, -0.2) is 26.0 Å². The molecule has 0 atom stereocenters. The molecule has 0 aliphatic carbocycles. The minimum atomic E-state index is 0.838. The second-order valence-electron chi connectivity index (χ2n) is 5.04. The SMILES string of the molecule is COc1ccc(Br)cc1CSc1ccc(Br)cc1C1=NCCN1. The molecule has 1 N–H and O–H groups in total. The van der Waals surface area contributed by atoms with E-state index in [-0.39, 0.29) is 0 Å². The Morgan fingerprint density at radius 3 is 2.70 bits per heavy atom. The maximum Gasteiger partial charge on any atom is 0.129 e. The Balaban J connectivity index is 1.85. The second-order valence-corrected chi connectivity index (χ2v) is 7.89. The van der Waals surface area contributed by atoms with Gasteiger partial charge in [-0.15, -0.1) is 11.8 Å². The number of methoxy groups -OCH3 is 1. The van der Waals surface area contributed by atoms with Crippen molar-refractivity contribution in [3.05, 3.63) is 56.5 Å². The molecule has 1 heterocycles. The number of hydrogen-bond acceptors (Lipinski definition) is 4. The minimum absolute atomic E-state index is 0.838. The molecule has 23 heavy (non-hydrogen) atoms. The number of benzene rings is 2. The summed E-state index contributed by atoms with van der Waals surface area (Å²) in [5.41, 5.74) is 2.32. The summed E-state index contributed by atoms with van der Waals surface area (Å²) in [5, 5.41) is 3.35. The van der Waals surface area contributed by atoms with Gasteiger partial charge in [0.25, 0.3) is 0 Å². The zero-order valence-electron chi connectivity index (χ0n) is 12.6. The monoisotopic (exact) mass is 454 g/mol. The van der Waals surface area contributed by atoms with Crippen LogP contribution in [0.1, 0.15) is 11.1 Å². The summed E-state index contributed by atoms with van der Waals surface area (Å²) >= 11 is 8.87. The zero-order chi connectivity index (χ0) is 16.2. The van der Waals surface area contributed by atoms with Crippen molar-refractivity contribution < 1.29 is 4.74 Å². The Kier molecular flexibility index (Phi) is 5.67. The van der Waals surface area contributed by atoms with Crippen LogP contribution in [0.4, 0.5) is 0 Å². The molecule has 3 nitrogen and oxygen atoms in total. The Labute approximate surface area is 157 Å². The number of thioether (sulfide) groups is 1. The van der Waals surface area contributed by atoms with Gasteiger partial charge in [0, 0.05) is 37.3 Å². The van der Waals surface area contributed by atoms with Crippen LogP contribution in [0.3, 0.4) is 0 Å². The maximum absolute atomic E-state index is 5.46. The second kappa shape index (κ2) is 7.73. The van der Waals surface area contributed by atoms with Gasteiger partial charge >= 0.3 is 0 Å². The molecule has 1 aliphatic rings. The van der Waals surface area contributed by atoms with Crippen molar-refractivity contribution in [2.75, 3.05) is 20.2 Å². The standard InChI is InChI=1S/C17H16Br2N2OS/c1-22-15-4-2-12(18)8-11(15)10-23-16-5-3-13(19)9-14(16)17-20-6-7-21-17/h2-5,8-9H,6-7,10H2,1H3,(H,20,21). The van der Waals surface area contributed by atoms with E-state index in [1.54, 1.807) is 18.9 Å². The third-order valence-corrected chi connectivity index (χ3v) is 5.61. The Bertz CT molecular complexity index is 749. The fourth-order valence-corrected chi connectivity index (χ4v) is 4.19. The molecular formula is C17H16Br2N2OS. The van der Waals surface area contributed by atoms with E-state index in [2.05, 4.69) is 66.4 Å². The summed E-state index contributed by atoms with van der Waals surface area (Å²) in [6.45, 7) is 1.75. The van der Waals surface area contributed by atoms with E-state index in [0.717, 1.165) is 44.9 Å². The lowest BCUT2D eigenvalue weighted by Gasteiger charge is -2.12. The highest BCUT2D eigenvalue weighted by atomic mass is 79.9. The van der Waals surface area contributed by atoms with Crippen LogP contribution < -0.4 is 10.1 Å². The fraction of sp³-hybridized carbons (Fsp3) is 0.235. The number of rotatable bonds is 5. The predicted molar refractivity (Wildman–Crippen MR) is 104 cm³/mol. The largest absolute Gasteiger partial charge is 0.496 e. The lowest BCUT2D eigenvalue weighted by molar-refractivity contribution is 0.411. The van der Waals surface area contributed by atoms with E-state index in [1.165, 1.54) is 10.5 Å². The highest BCUT2D eigenvalue weighted by molar-refractivity contribution is 9.10. The number of hydrogen-bond donors (Lipinski definition) is 1. The number of ether oxygens (including phenoxy) is 1. The van der Waals surface area contributed by atoms with Gasteiger partial charge in [-0.1, -0.05) is 31.9 Å². The van der Waals surface area contributed by atoms with Gasteiger partial charge in [0.05, 0.1) is 13.7 Å². The molecule has 0 radical (unpaired) electrons. The molecule has 0 saturated heterocycles. The molecule has 2 aromatic rings. The molecular weight excluding hydrogens is 440 g/mol. The average Bonchev–Trinajstić information content (AvgIpc) is 3.08. The zero-order valence-corrected chi connectivity index (χ0v) is 16.6. The molecule has 0 fully saturated rings. The molecule has 0 bridgehead atoms. The van der Waals surface area contributed by atoms with E-state index in [9.17, 15) is 0 Å². The first-order valence-corrected chi connectivity index (χ1v) is 9.78. The fourth-order valence-electron chi connectivity index (χ4n) is 2.41. The van der Waals surface area contributed by atoms with Crippen LogP contribution in [0.5, 0.6) is 5.75 Å². The van der Waals surface area contributed by atoms with Gasteiger partial charge in [0.2, 0.25) is 0 Å². The van der Waals surface area contributed by atoms with Crippen LogP contribution in [-0.2, 0) is 5.75 Å². The molecule has 0 spiro atoms. The minimum Gasteiger partial charge on any atom is -0.496 e. The number of halogens is 2. The first-order chi connectivity index (χ1) is 11.2. The summed E-state index contributed by atoms with van der Waals surface area (Å²) in [7, 11) is 1.71. The molecule has 3 rings (SSSR count). The highest BCUT2D eigenvalue weighted by Crippen LogP contribution is 2.33. The van der Waals surface area contributed by atoms with Gasteiger partial charge in [-0.25, -0.2) is 0 Å². The van der Waals surface area contributed by atoms with Crippen molar-refractivity contribution in [3.8, 4) is 5.75 Å². The van der Waals surface area contributed by atoms with E-state index >= 15 is 0 Å². The maximum atomic E-state index is 5.46. The summed E-state index contributed by atoms with van der Waals surface area (Å²) < 4.78 is 7.59. The first kappa shape index (κ1) is 16.9. The normalized spacial score (nSPS) is 13.6. The van der Waals surface area contributed by atoms with Crippen molar-refractivity contribution in [2.24, 2.45) is 4.99 Å². The van der Waals surface area contributed by atoms with Crippen molar-refractivity contribution in [1.82, 2.24) is 5.32 Å². The van der Waals surface area contributed by atoms with Crippen LogP contribution in [0.25, 0.3) is 0 Å². The number of nitrogens with zero attached hydrogens (tertiary/aromatic N) is 1. The van der Waals surface area contributed by atoms with E-state index in [4.69, 9.17) is 4.74 Å². The molecule has 0 amide bonds. The summed E-state index contributed by atoms with van der Waals surface area (Å²) in [6.07, 6.45) is 0. The summed E-state index contributed by atoms with van der Waals surface area (Å²) in [4.78, 5) is 5.76. The molecule has 1 aliphatic heterocycles. The van der Waals surface area contributed by atoms with Crippen molar-refractivity contribution >= 4 is 49.5 Å². The lowest BCUT2D eigenvalue weighted by Crippen LogP contribution is -2.20. The number of aliphatic imine (C=N–C) groups is 1. The van der Waals surface area contributed by atoms with Crippen LogP contribution in [0.15, 0.2) is 55.2 Å². The lowest BCUT2D eigenvalue weighted by atomic mass is 10.2. The first-order valence-electron chi connectivity index (χ1n) is 7.21. The predicted octanol–water partition coefficient (Wildman–Crippen LogP) is 4.86. The van der Waals surface area contributed by atoms with Crippen molar-refractivity contribution in [2.45, 2.75) is 10.6 Å². The molecule has 2 aromatic carbocycles. The third-order valence-electron chi connectivity index (χ3n) is 3.50. The van der Waals surface area contributed by atoms with Gasteiger partial charge in [-0.3, -0.25) is 4.99 Å². The van der Waals surface area contributed by atoms with Gasteiger partial charge in [-0.2, -0.15) is 0 Å². The van der Waals surface area contributed by atoms with Gasteiger partial charge in [0.1, 0.15) is 11.6 Å². The quantitative estimate of drug-likeness (QED) is 0.653. The van der Waals surface area contributed by atoms with Crippen molar-refractivity contribution in [3.63, 3.8) is 0 Å². The van der Waals surface area contributed by atoms with Crippen molar-refractivity contribution in [1.29, 1.82) is 0 Å². The van der Waals surface area contributed by atoms with Gasteiger partial charge in [-0.05, 0) is 36.4 Å². The van der Waals surface area contributed by atoms with E-state index in [1.807, 2.05) is 12.1 Å². The third kappa shape index (κ3) is 4.11. The van der Waals surface area contributed by atoms with E-state index < -0.39 is 0 Å². The molecule has 0 unspecified atom stereocenters. The van der Waals surface area contributed by atoms with Crippen LogP contribution in [0.2, 0.25) is 0 Å². The number of nitrogens with one attached hydrogen (secondary N) is 1. The molecule has 120 valence electrons. The molecule has 6 heteroatoms. The number of amidine groups is 1. The van der Waals surface area contributed by atoms with Gasteiger partial charge in [0.15, 0.2) is 0 Å². The van der Waals surface area contributed by atoms with E-state index in [0.29, 0.717) is 0 Å². The Morgan fingerprint density at radius 2 is 1.96 bits per heavy atom. The topological polar surface area (TPSA) is 33.6 Å². The smallest absolute Gasteiger partial charge is 0.129 e. The highest BCUT2D eigenvalue weighted by Gasteiger charge is 2.14. The Morgan fingerprint density at radius 1 is 1.17 bits per heavy atom. The molecule has 0 saturated carbocycles. The molecule has 0 aromatic heterocycles. The van der Waals surface area contributed by atoms with Crippen LogP contribution in [0, 0.1) is 0 Å².